The highest BCUT2D eigenvalue weighted by Crippen LogP contribution is 2.22. The Kier molecular flexibility index (Phi) is 3.68. The van der Waals surface area contributed by atoms with Crippen LogP contribution >= 0.6 is 0 Å². The summed E-state index contributed by atoms with van der Waals surface area (Å²) in [4.78, 5) is 0. The van der Waals surface area contributed by atoms with Crippen LogP contribution < -0.4 is 11.1 Å². The van der Waals surface area contributed by atoms with Gasteiger partial charge in [0.05, 0.1) is 0 Å². The Morgan fingerprint density at radius 3 is 2.60 bits per heavy atom. The van der Waals surface area contributed by atoms with Gasteiger partial charge in [0.1, 0.15) is 0 Å². The molecular weight excluding hydrogens is 192 g/mol. The Labute approximate surface area is 90.4 Å². The molecule has 1 unspecified atom stereocenters. The lowest BCUT2D eigenvalue weighted by Gasteiger charge is -2.26. The minimum atomic E-state index is 0.155. The van der Waals surface area contributed by atoms with Crippen LogP contribution in [0.5, 0.6) is 0 Å². The van der Waals surface area contributed by atoms with Gasteiger partial charge in [-0.15, -0.1) is 5.10 Å². The third-order valence-corrected chi connectivity index (χ3v) is 2.46. The van der Waals surface area contributed by atoms with E-state index in [1.807, 2.05) is 0 Å². The summed E-state index contributed by atoms with van der Waals surface area (Å²) in [5.74, 6) is 0.584. The standard InChI is InChI=1S/C10H20N4O/c1-7(10(2,3)4)12-9-14-13-8(15-9)5-6-11/h7H,5-6,11H2,1-4H3,(H,12,14). The van der Waals surface area contributed by atoms with E-state index in [1.54, 1.807) is 0 Å². The second kappa shape index (κ2) is 4.61. The van der Waals surface area contributed by atoms with Gasteiger partial charge in [0.25, 0.3) is 0 Å². The average Bonchev–Trinajstić information content (AvgIpc) is 2.51. The minimum Gasteiger partial charge on any atom is -0.408 e. The predicted octanol–water partition coefficient (Wildman–Crippen LogP) is 1.42. The topological polar surface area (TPSA) is 77.0 Å². The van der Waals surface area contributed by atoms with E-state index in [9.17, 15) is 0 Å². The molecule has 1 aromatic rings. The number of nitrogens with two attached hydrogens (primary N) is 1. The Bertz CT molecular complexity index is 303. The van der Waals surface area contributed by atoms with Gasteiger partial charge in [0.2, 0.25) is 5.89 Å². The molecule has 1 aromatic heterocycles. The monoisotopic (exact) mass is 212 g/mol. The summed E-state index contributed by atoms with van der Waals surface area (Å²) in [6.07, 6.45) is 0.624. The Morgan fingerprint density at radius 2 is 2.07 bits per heavy atom. The number of hydrogen-bond donors (Lipinski definition) is 2. The normalized spacial score (nSPS) is 13.9. The molecule has 3 N–H and O–H groups in total. The maximum atomic E-state index is 5.39. The zero-order chi connectivity index (χ0) is 11.5. The SMILES string of the molecule is CC(Nc1nnc(CCN)o1)C(C)(C)C. The second-order valence-corrected chi connectivity index (χ2v) is 4.77. The highest BCUT2D eigenvalue weighted by Gasteiger charge is 2.21. The van der Waals surface area contributed by atoms with Crippen LogP contribution in [0.3, 0.4) is 0 Å². The molecule has 0 aromatic carbocycles. The molecule has 86 valence electrons. The van der Waals surface area contributed by atoms with Crippen molar-refractivity contribution in [3.8, 4) is 0 Å². The molecule has 5 nitrogen and oxygen atoms in total. The average molecular weight is 212 g/mol. The lowest BCUT2D eigenvalue weighted by molar-refractivity contribution is 0.351. The van der Waals surface area contributed by atoms with Gasteiger partial charge in [0.15, 0.2) is 0 Å². The lowest BCUT2D eigenvalue weighted by atomic mass is 9.88. The van der Waals surface area contributed by atoms with E-state index in [2.05, 4.69) is 43.2 Å². The van der Waals surface area contributed by atoms with Crippen LogP contribution in [0.25, 0.3) is 0 Å². The van der Waals surface area contributed by atoms with Crippen LogP contribution in [0, 0.1) is 5.41 Å². The maximum Gasteiger partial charge on any atom is 0.315 e. The summed E-state index contributed by atoms with van der Waals surface area (Å²) < 4.78 is 5.38. The summed E-state index contributed by atoms with van der Waals surface area (Å²) in [6, 6.07) is 0.740. The number of nitrogens with one attached hydrogen (secondary N) is 1. The fourth-order valence-corrected chi connectivity index (χ4v) is 0.938. The maximum absolute atomic E-state index is 5.39. The van der Waals surface area contributed by atoms with Crippen molar-refractivity contribution in [2.45, 2.75) is 40.2 Å². The summed E-state index contributed by atoms with van der Waals surface area (Å²) in [7, 11) is 0. The highest BCUT2D eigenvalue weighted by molar-refractivity contribution is 5.20. The molecule has 0 saturated heterocycles. The van der Waals surface area contributed by atoms with Crippen molar-refractivity contribution in [1.29, 1.82) is 0 Å². The number of aromatic nitrogens is 2. The molecule has 0 radical (unpaired) electrons. The van der Waals surface area contributed by atoms with Crippen LogP contribution in [-0.2, 0) is 6.42 Å². The molecule has 5 heteroatoms. The van der Waals surface area contributed by atoms with E-state index in [-0.39, 0.29) is 11.5 Å². The number of nitrogens with zero attached hydrogens (tertiary/aromatic N) is 2. The highest BCUT2D eigenvalue weighted by atomic mass is 16.4. The first-order valence-electron chi connectivity index (χ1n) is 5.22. The van der Waals surface area contributed by atoms with Crippen molar-refractivity contribution in [3.63, 3.8) is 0 Å². The first-order chi connectivity index (χ1) is 6.93. The van der Waals surface area contributed by atoms with Gasteiger partial charge in [0, 0.05) is 19.0 Å². The zero-order valence-corrected chi connectivity index (χ0v) is 9.87. The lowest BCUT2D eigenvalue weighted by Crippen LogP contribution is -2.30. The summed E-state index contributed by atoms with van der Waals surface area (Å²) in [5, 5.41) is 11.0. The van der Waals surface area contributed by atoms with E-state index in [4.69, 9.17) is 10.2 Å². The van der Waals surface area contributed by atoms with E-state index in [0.717, 1.165) is 0 Å². The molecule has 1 rings (SSSR count). The number of rotatable bonds is 4. The molecular formula is C10H20N4O. The summed E-state index contributed by atoms with van der Waals surface area (Å²) in [5.41, 5.74) is 5.55. The molecule has 0 spiro atoms. The quantitative estimate of drug-likeness (QED) is 0.789. The molecule has 0 aliphatic heterocycles. The van der Waals surface area contributed by atoms with Gasteiger partial charge in [-0.1, -0.05) is 25.9 Å². The molecule has 0 amide bonds. The molecule has 0 fully saturated rings. The Hall–Kier alpha value is -1.10. The van der Waals surface area contributed by atoms with Crippen molar-refractivity contribution in [2.24, 2.45) is 11.1 Å². The fourth-order valence-electron chi connectivity index (χ4n) is 0.938. The Morgan fingerprint density at radius 1 is 1.40 bits per heavy atom. The number of anilines is 1. The molecule has 0 aliphatic carbocycles. The van der Waals surface area contributed by atoms with Gasteiger partial charge in [-0.3, -0.25) is 0 Å². The third-order valence-electron chi connectivity index (χ3n) is 2.46. The molecule has 0 saturated carbocycles. The molecule has 1 heterocycles. The zero-order valence-electron chi connectivity index (χ0n) is 9.87. The van der Waals surface area contributed by atoms with Gasteiger partial charge >= 0.3 is 6.01 Å². The molecule has 0 aliphatic rings. The summed E-state index contributed by atoms with van der Waals surface area (Å²) >= 11 is 0. The number of hydrogen-bond acceptors (Lipinski definition) is 5. The van der Waals surface area contributed by atoms with Crippen molar-refractivity contribution >= 4 is 6.01 Å². The first kappa shape index (κ1) is 12.0. The second-order valence-electron chi connectivity index (χ2n) is 4.77. The third kappa shape index (κ3) is 3.51. The van der Waals surface area contributed by atoms with Gasteiger partial charge < -0.3 is 15.5 Å². The van der Waals surface area contributed by atoms with Crippen LogP contribution in [-0.4, -0.2) is 22.8 Å². The van der Waals surface area contributed by atoms with Crippen LogP contribution in [0.15, 0.2) is 4.42 Å². The largest absolute Gasteiger partial charge is 0.408 e. The van der Waals surface area contributed by atoms with Crippen LogP contribution in [0.4, 0.5) is 6.01 Å². The molecule has 1 atom stereocenters. The van der Waals surface area contributed by atoms with E-state index in [0.29, 0.717) is 24.9 Å². The molecule has 0 bridgehead atoms. The van der Waals surface area contributed by atoms with E-state index >= 15 is 0 Å². The summed E-state index contributed by atoms with van der Waals surface area (Å²) in [6.45, 7) is 9.08. The first-order valence-corrected chi connectivity index (χ1v) is 5.22. The van der Waals surface area contributed by atoms with E-state index < -0.39 is 0 Å². The Balaban J connectivity index is 2.57. The van der Waals surface area contributed by atoms with E-state index in [1.165, 1.54) is 0 Å². The van der Waals surface area contributed by atoms with Gasteiger partial charge in [-0.2, -0.15) is 0 Å². The van der Waals surface area contributed by atoms with Crippen molar-refractivity contribution in [3.05, 3.63) is 5.89 Å². The van der Waals surface area contributed by atoms with Crippen molar-refractivity contribution < 1.29 is 4.42 Å². The van der Waals surface area contributed by atoms with Crippen LogP contribution in [0.1, 0.15) is 33.6 Å². The smallest absolute Gasteiger partial charge is 0.315 e. The fraction of sp³-hybridized carbons (Fsp3) is 0.800. The predicted molar refractivity (Wildman–Crippen MR) is 59.6 cm³/mol. The van der Waals surface area contributed by atoms with Crippen molar-refractivity contribution in [2.75, 3.05) is 11.9 Å². The minimum absolute atomic E-state index is 0.155. The van der Waals surface area contributed by atoms with Gasteiger partial charge in [-0.05, 0) is 12.3 Å². The van der Waals surface area contributed by atoms with Crippen LogP contribution in [0.2, 0.25) is 0 Å². The van der Waals surface area contributed by atoms with Crippen molar-refractivity contribution in [1.82, 2.24) is 10.2 Å². The molecule has 15 heavy (non-hydrogen) atoms. The van der Waals surface area contributed by atoms with Gasteiger partial charge in [-0.25, -0.2) is 0 Å².